The van der Waals surface area contributed by atoms with Gasteiger partial charge < -0.3 is 20.4 Å². The maximum Gasteiger partial charge on any atom is 0.494 e. The van der Waals surface area contributed by atoms with Crippen molar-refractivity contribution < 1.29 is 9.31 Å². The Morgan fingerprint density at radius 2 is 1.70 bits per heavy atom. The second kappa shape index (κ2) is 6.72. The first kappa shape index (κ1) is 18.7. The lowest BCUT2D eigenvalue weighted by Crippen LogP contribution is -2.41. The normalized spacial score (nSPS) is 27.1. The van der Waals surface area contributed by atoms with Gasteiger partial charge in [-0.15, -0.1) is 0 Å². The number of nitrogens with zero attached hydrogens (tertiary/aromatic N) is 2. The second-order valence-electron chi connectivity index (χ2n) is 8.84. The van der Waals surface area contributed by atoms with Gasteiger partial charge in [0.05, 0.1) is 16.7 Å². The van der Waals surface area contributed by atoms with Gasteiger partial charge in [0, 0.05) is 17.5 Å². The van der Waals surface area contributed by atoms with Crippen LogP contribution in [0.3, 0.4) is 0 Å². The molecule has 6 nitrogen and oxygen atoms in total. The highest BCUT2D eigenvalue weighted by Crippen LogP contribution is 2.36. The topological polar surface area (TPSA) is 82.3 Å². The molecule has 2 heterocycles. The fraction of sp³-hybridized carbons (Fsp3) is 0.600. The van der Waals surface area contributed by atoms with Crippen molar-refractivity contribution in [2.24, 2.45) is 5.73 Å². The Kier molecular flexibility index (Phi) is 4.65. The first-order chi connectivity index (χ1) is 12.7. The molecule has 0 unspecified atom stereocenters. The van der Waals surface area contributed by atoms with Crippen LogP contribution in [0.2, 0.25) is 0 Å². The lowest BCUT2D eigenvalue weighted by molar-refractivity contribution is 0.00578. The Morgan fingerprint density at radius 1 is 1.04 bits per heavy atom. The van der Waals surface area contributed by atoms with E-state index in [2.05, 4.69) is 49.0 Å². The standard InChI is InChI=1S/C20H29BN4O2/c1-19(2)20(3,4)27-21(26-19)13-5-10-17-16(11-13)18(24-12-23-17)25-15-8-6-14(22)7-9-15/h5,10-12,14-15H,6-9,22H2,1-4H3,(H,23,24,25). The van der Waals surface area contributed by atoms with E-state index < -0.39 is 0 Å². The van der Waals surface area contributed by atoms with Gasteiger partial charge in [-0.25, -0.2) is 9.97 Å². The van der Waals surface area contributed by atoms with E-state index >= 15 is 0 Å². The van der Waals surface area contributed by atoms with Gasteiger partial charge in [-0.05, 0) is 71.0 Å². The molecular formula is C20H29BN4O2. The van der Waals surface area contributed by atoms with Crippen molar-refractivity contribution in [2.45, 2.75) is 76.7 Å². The molecule has 3 N–H and O–H groups in total. The van der Waals surface area contributed by atoms with Crippen LogP contribution in [0.25, 0.3) is 10.9 Å². The van der Waals surface area contributed by atoms with Gasteiger partial charge in [-0.2, -0.15) is 0 Å². The molecule has 2 fully saturated rings. The Hall–Kier alpha value is -1.70. The van der Waals surface area contributed by atoms with Crippen molar-refractivity contribution in [2.75, 3.05) is 5.32 Å². The maximum absolute atomic E-state index is 6.20. The minimum Gasteiger partial charge on any atom is -0.399 e. The second-order valence-corrected chi connectivity index (χ2v) is 8.84. The molecule has 2 aliphatic rings. The van der Waals surface area contributed by atoms with E-state index in [4.69, 9.17) is 15.0 Å². The highest BCUT2D eigenvalue weighted by Gasteiger charge is 2.51. The summed E-state index contributed by atoms with van der Waals surface area (Å²) in [5.41, 5.74) is 7.22. The number of rotatable bonds is 3. The molecule has 144 valence electrons. The molecule has 1 aromatic carbocycles. The molecule has 0 radical (unpaired) electrons. The number of hydrogen-bond donors (Lipinski definition) is 2. The van der Waals surface area contributed by atoms with Crippen LogP contribution in [0.5, 0.6) is 0 Å². The van der Waals surface area contributed by atoms with E-state index in [1.54, 1.807) is 6.33 Å². The summed E-state index contributed by atoms with van der Waals surface area (Å²) >= 11 is 0. The van der Waals surface area contributed by atoms with E-state index in [0.29, 0.717) is 12.1 Å². The highest BCUT2D eigenvalue weighted by molar-refractivity contribution is 6.62. The Labute approximate surface area is 161 Å². The summed E-state index contributed by atoms with van der Waals surface area (Å²) in [7, 11) is -0.389. The lowest BCUT2D eigenvalue weighted by atomic mass is 9.78. The van der Waals surface area contributed by atoms with E-state index in [-0.39, 0.29) is 18.3 Å². The number of nitrogens with two attached hydrogens (primary N) is 1. The summed E-state index contributed by atoms with van der Waals surface area (Å²) in [6, 6.07) is 6.87. The average Bonchev–Trinajstić information content (AvgIpc) is 2.84. The summed E-state index contributed by atoms with van der Waals surface area (Å²) in [5, 5.41) is 4.61. The average molecular weight is 368 g/mol. The van der Waals surface area contributed by atoms with Crippen LogP contribution in [0, 0.1) is 0 Å². The number of hydrogen-bond acceptors (Lipinski definition) is 6. The van der Waals surface area contributed by atoms with Gasteiger partial charge in [-0.3, -0.25) is 0 Å². The minimum absolute atomic E-state index is 0.333. The van der Waals surface area contributed by atoms with Gasteiger partial charge in [0.2, 0.25) is 0 Å². The third-order valence-corrected chi connectivity index (χ3v) is 6.30. The quantitative estimate of drug-likeness (QED) is 0.811. The Morgan fingerprint density at radius 3 is 2.37 bits per heavy atom. The van der Waals surface area contributed by atoms with Crippen molar-refractivity contribution in [1.29, 1.82) is 0 Å². The molecule has 0 amide bonds. The predicted molar refractivity (Wildman–Crippen MR) is 109 cm³/mol. The van der Waals surface area contributed by atoms with Crippen LogP contribution < -0.4 is 16.5 Å². The van der Waals surface area contributed by atoms with Crippen molar-refractivity contribution in [3.8, 4) is 0 Å². The lowest BCUT2D eigenvalue weighted by Gasteiger charge is -2.32. The minimum atomic E-state index is -0.389. The molecule has 1 aliphatic carbocycles. The van der Waals surface area contributed by atoms with Crippen molar-refractivity contribution in [3.05, 3.63) is 24.5 Å². The fourth-order valence-electron chi connectivity index (χ4n) is 3.77. The van der Waals surface area contributed by atoms with Crippen LogP contribution in [0.1, 0.15) is 53.4 Å². The number of fused-ring (bicyclic) bond motifs is 1. The molecule has 27 heavy (non-hydrogen) atoms. The highest BCUT2D eigenvalue weighted by atomic mass is 16.7. The number of nitrogens with one attached hydrogen (secondary N) is 1. The van der Waals surface area contributed by atoms with E-state index in [1.807, 2.05) is 12.1 Å². The number of anilines is 1. The molecular weight excluding hydrogens is 339 g/mol. The van der Waals surface area contributed by atoms with Crippen LogP contribution >= 0.6 is 0 Å². The van der Waals surface area contributed by atoms with Gasteiger partial charge in [-0.1, -0.05) is 6.07 Å². The molecule has 1 aromatic heterocycles. The van der Waals surface area contributed by atoms with Gasteiger partial charge in [0.25, 0.3) is 0 Å². The summed E-state index contributed by atoms with van der Waals surface area (Å²) in [6.45, 7) is 8.27. The van der Waals surface area contributed by atoms with Gasteiger partial charge in [0.15, 0.2) is 0 Å². The summed E-state index contributed by atoms with van der Waals surface area (Å²) in [5.74, 6) is 0.874. The zero-order valence-corrected chi connectivity index (χ0v) is 16.7. The number of aromatic nitrogens is 2. The first-order valence-corrected chi connectivity index (χ1v) is 9.87. The van der Waals surface area contributed by atoms with Gasteiger partial charge >= 0.3 is 7.12 Å². The first-order valence-electron chi connectivity index (χ1n) is 9.87. The van der Waals surface area contributed by atoms with Crippen LogP contribution in [-0.2, 0) is 9.31 Å². The van der Waals surface area contributed by atoms with Crippen molar-refractivity contribution in [3.63, 3.8) is 0 Å². The van der Waals surface area contributed by atoms with Crippen LogP contribution in [0.15, 0.2) is 24.5 Å². The predicted octanol–water partition coefficient (Wildman–Crippen LogP) is 2.61. The number of benzene rings is 1. The van der Waals surface area contributed by atoms with E-state index in [0.717, 1.165) is 47.9 Å². The molecule has 7 heteroatoms. The van der Waals surface area contributed by atoms with Gasteiger partial charge in [0.1, 0.15) is 12.1 Å². The van der Waals surface area contributed by atoms with Crippen molar-refractivity contribution in [1.82, 2.24) is 9.97 Å². The molecule has 0 atom stereocenters. The zero-order chi connectivity index (χ0) is 19.2. The van der Waals surface area contributed by atoms with Crippen LogP contribution in [-0.4, -0.2) is 40.4 Å². The molecule has 1 saturated heterocycles. The summed E-state index contributed by atoms with van der Waals surface area (Å²) < 4.78 is 12.4. The third kappa shape index (κ3) is 3.56. The van der Waals surface area contributed by atoms with Crippen LogP contribution in [0.4, 0.5) is 5.82 Å². The maximum atomic E-state index is 6.20. The largest absolute Gasteiger partial charge is 0.494 e. The fourth-order valence-corrected chi connectivity index (χ4v) is 3.77. The Balaban J connectivity index is 1.62. The Bertz CT molecular complexity index is 818. The molecule has 2 aromatic rings. The molecule has 1 saturated carbocycles. The molecule has 0 bridgehead atoms. The van der Waals surface area contributed by atoms with E-state index in [1.165, 1.54) is 0 Å². The molecule has 4 rings (SSSR count). The SMILES string of the molecule is CC1(C)OB(c2ccc3ncnc(NC4CCC(N)CC4)c3c2)OC1(C)C. The summed E-state index contributed by atoms with van der Waals surface area (Å²) in [4.78, 5) is 8.93. The van der Waals surface area contributed by atoms with Crippen molar-refractivity contribution >= 4 is 29.3 Å². The molecule has 1 aliphatic heterocycles. The van der Waals surface area contributed by atoms with E-state index in [9.17, 15) is 0 Å². The zero-order valence-electron chi connectivity index (χ0n) is 16.7. The monoisotopic (exact) mass is 368 g/mol. The third-order valence-electron chi connectivity index (χ3n) is 6.30. The molecule has 0 spiro atoms. The summed E-state index contributed by atoms with van der Waals surface area (Å²) in [6.07, 6.45) is 5.88. The smallest absolute Gasteiger partial charge is 0.399 e.